The molecule has 0 aliphatic rings. The Hall–Kier alpha value is -1.11. The molecule has 0 aliphatic carbocycles. The summed E-state index contributed by atoms with van der Waals surface area (Å²) in [5.41, 5.74) is 4.88. The van der Waals surface area contributed by atoms with Crippen molar-refractivity contribution in [3.63, 3.8) is 0 Å². The molecule has 0 atom stereocenters. The molecule has 1 rings (SSSR count). The van der Waals surface area contributed by atoms with Crippen LogP contribution in [0.5, 0.6) is 0 Å². The number of nitrogens with zero attached hydrogens (tertiary/aromatic N) is 1. The lowest BCUT2D eigenvalue weighted by Gasteiger charge is -2.03. The third kappa shape index (κ3) is 2.99. The van der Waals surface area contributed by atoms with Crippen LogP contribution in [0.25, 0.3) is 0 Å². The molecule has 0 bridgehead atoms. The smallest absolute Gasteiger partial charge is 0.0660 e. The van der Waals surface area contributed by atoms with Crippen molar-refractivity contribution in [3.05, 3.63) is 29.3 Å². The van der Waals surface area contributed by atoms with Crippen LogP contribution in [0.15, 0.2) is 23.2 Å². The van der Waals surface area contributed by atoms with Gasteiger partial charge in [-0.2, -0.15) is 0 Å². The molecule has 1 aromatic carbocycles. The summed E-state index contributed by atoms with van der Waals surface area (Å²) < 4.78 is 0. The second-order valence-electron chi connectivity index (χ2n) is 3.89. The molecule has 76 valence electrons. The maximum Gasteiger partial charge on any atom is 0.0660 e. The fourth-order valence-corrected chi connectivity index (χ4v) is 1.46. The largest absolute Gasteiger partial charge is 0.258 e. The Morgan fingerprint density at radius 1 is 1.29 bits per heavy atom. The highest BCUT2D eigenvalue weighted by Gasteiger charge is 1.97. The molecule has 0 unspecified atom stereocenters. The molecule has 1 aromatic rings. The minimum Gasteiger partial charge on any atom is -0.258 e. The zero-order valence-electron chi connectivity index (χ0n) is 9.59. The van der Waals surface area contributed by atoms with Gasteiger partial charge in [0.05, 0.1) is 5.69 Å². The van der Waals surface area contributed by atoms with Gasteiger partial charge in [-0.3, -0.25) is 4.99 Å². The minimum absolute atomic E-state index is 1.09. The van der Waals surface area contributed by atoms with Crippen LogP contribution in [0.1, 0.15) is 37.8 Å². The van der Waals surface area contributed by atoms with Crippen LogP contribution in [-0.4, -0.2) is 5.71 Å². The SMILES string of the molecule is CCCC(C)=Nc1cc(C)ccc1C. The van der Waals surface area contributed by atoms with E-state index in [-0.39, 0.29) is 0 Å². The van der Waals surface area contributed by atoms with Crippen LogP contribution >= 0.6 is 0 Å². The molecular weight excluding hydrogens is 170 g/mol. The second-order valence-corrected chi connectivity index (χ2v) is 3.89. The highest BCUT2D eigenvalue weighted by Crippen LogP contribution is 2.20. The first-order valence-corrected chi connectivity index (χ1v) is 5.25. The van der Waals surface area contributed by atoms with E-state index in [1.165, 1.54) is 23.3 Å². The van der Waals surface area contributed by atoms with E-state index < -0.39 is 0 Å². The van der Waals surface area contributed by atoms with Crippen LogP contribution in [-0.2, 0) is 0 Å². The minimum atomic E-state index is 1.09. The van der Waals surface area contributed by atoms with Crippen molar-refractivity contribution in [3.8, 4) is 0 Å². The Morgan fingerprint density at radius 2 is 2.00 bits per heavy atom. The van der Waals surface area contributed by atoms with E-state index in [9.17, 15) is 0 Å². The fourth-order valence-electron chi connectivity index (χ4n) is 1.46. The highest BCUT2D eigenvalue weighted by atomic mass is 14.7. The number of benzene rings is 1. The van der Waals surface area contributed by atoms with E-state index in [1.807, 2.05) is 0 Å². The zero-order chi connectivity index (χ0) is 10.6. The van der Waals surface area contributed by atoms with Crippen molar-refractivity contribution >= 4 is 11.4 Å². The Labute approximate surface area is 86.9 Å². The molecular formula is C13H19N. The first kappa shape index (κ1) is 11.0. The van der Waals surface area contributed by atoms with Crippen molar-refractivity contribution in [2.24, 2.45) is 4.99 Å². The van der Waals surface area contributed by atoms with E-state index in [2.05, 4.69) is 50.9 Å². The van der Waals surface area contributed by atoms with Crippen LogP contribution in [0, 0.1) is 13.8 Å². The molecule has 1 heteroatoms. The van der Waals surface area contributed by atoms with Gasteiger partial charge >= 0.3 is 0 Å². The first-order chi connectivity index (χ1) is 6.63. The van der Waals surface area contributed by atoms with Crippen molar-refractivity contribution in [2.45, 2.75) is 40.5 Å². The predicted octanol–water partition coefficient (Wildman–Crippen LogP) is 4.20. The molecule has 14 heavy (non-hydrogen) atoms. The molecule has 0 fully saturated rings. The Balaban J connectivity index is 2.95. The summed E-state index contributed by atoms with van der Waals surface area (Å²) in [6, 6.07) is 6.41. The van der Waals surface area contributed by atoms with Crippen molar-refractivity contribution in [1.82, 2.24) is 0 Å². The maximum absolute atomic E-state index is 4.63. The van der Waals surface area contributed by atoms with Gasteiger partial charge in [0.25, 0.3) is 0 Å². The monoisotopic (exact) mass is 189 g/mol. The lowest BCUT2D eigenvalue weighted by Crippen LogP contribution is -1.89. The summed E-state index contributed by atoms with van der Waals surface area (Å²) in [6.45, 7) is 8.50. The van der Waals surface area contributed by atoms with E-state index >= 15 is 0 Å². The molecule has 0 aromatic heterocycles. The van der Waals surface area contributed by atoms with Crippen LogP contribution < -0.4 is 0 Å². The zero-order valence-corrected chi connectivity index (χ0v) is 9.59. The van der Waals surface area contributed by atoms with Gasteiger partial charge in [-0.25, -0.2) is 0 Å². The Morgan fingerprint density at radius 3 is 2.64 bits per heavy atom. The number of hydrogen-bond acceptors (Lipinski definition) is 1. The van der Waals surface area contributed by atoms with Gasteiger partial charge in [-0.05, 0) is 44.4 Å². The van der Waals surface area contributed by atoms with E-state index in [1.54, 1.807) is 0 Å². The number of rotatable bonds is 3. The van der Waals surface area contributed by atoms with E-state index in [0.29, 0.717) is 0 Å². The lowest BCUT2D eigenvalue weighted by molar-refractivity contribution is 0.987. The molecule has 0 heterocycles. The van der Waals surface area contributed by atoms with Crippen molar-refractivity contribution in [1.29, 1.82) is 0 Å². The molecule has 0 N–H and O–H groups in total. The van der Waals surface area contributed by atoms with Gasteiger partial charge in [0.1, 0.15) is 0 Å². The molecule has 0 saturated carbocycles. The van der Waals surface area contributed by atoms with Gasteiger partial charge in [-0.15, -0.1) is 0 Å². The third-order valence-electron chi connectivity index (χ3n) is 2.29. The van der Waals surface area contributed by atoms with Crippen LogP contribution in [0.4, 0.5) is 5.69 Å². The second kappa shape index (κ2) is 4.94. The summed E-state index contributed by atoms with van der Waals surface area (Å²) in [6.07, 6.45) is 2.26. The van der Waals surface area contributed by atoms with Crippen LogP contribution in [0.3, 0.4) is 0 Å². The van der Waals surface area contributed by atoms with Crippen LogP contribution in [0.2, 0.25) is 0 Å². The van der Waals surface area contributed by atoms with Crippen molar-refractivity contribution < 1.29 is 0 Å². The average Bonchev–Trinajstić information content (AvgIpc) is 2.12. The quantitative estimate of drug-likeness (QED) is 0.632. The van der Waals surface area contributed by atoms with Gasteiger partial charge < -0.3 is 0 Å². The summed E-state index contributed by atoms with van der Waals surface area (Å²) in [5, 5.41) is 0. The van der Waals surface area contributed by atoms with Gasteiger partial charge in [0.2, 0.25) is 0 Å². The summed E-state index contributed by atoms with van der Waals surface area (Å²) in [7, 11) is 0. The molecule has 0 spiro atoms. The third-order valence-corrected chi connectivity index (χ3v) is 2.29. The lowest BCUT2D eigenvalue weighted by atomic mass is 10.1. The first-order valence-electron chi connectivity index (χ1n) is 5.25. The Kier molecular flexibility index (Phi) is 3.87. The highest BCUT2D eigenvalue weighted by molar-refractivity contribution is 5.84. The van der Waals surface area contributed by atoms with E-state index in [0.717, 1.165) is 12.1 Å². The molecule has 0 saturated heterocycles. The molecule has 0 radical (unpaired) electrons. The summed E-state index contributed by atoms with van der Waals surface area (Å²) >= 11 is 0. The molecule has 0 amide bonds. The number of hydrogen-bond donors (Lipinski definition) is 0. The summed E-state index contributed by atoms with van der Waals surface area (Å²) in [4.78, 5) is 4.63. The number of aliphatic imine (C=N–C) groups is 1. The molecule has 0 aliphatic heterocycles. The topological polar surface area (TPSA) is 12.4 Å². The van der Waals surface area contributed by atoms with Crippen molar-refractivity contribution in [2.75, 3.05) is 0 Å². The van der Waals surface area contributed by atoms with Gasteiger partial charge in [-0.1, -0.05) is 25.5 Å². The standard InChI is InChI=1S/C13H19N/c1-5-6-12(4)14-13-9-10(2)7-8-11(13)3/h7-9H,5-6H2,1-4H3. The normalized spacial score (nSPS) is 11.9. The molecule has 1 nitrogen and oxygen atoms in total. The van der Waals surface area contributed by atoms with Gasteiger partial charge in [0, 0.05) is 5.71 Å². The summed E-state index contributed by atoms with van der Waals surface area (Å²) in [5.74, 6) is 0. The average molecular weight is 189 g/mol. The van der Waals surface area contributed by atoms with E-state index in [4.69, 9.17) is 0 Å². The predicted molar refractivity (Wildman–Crippen MR) is 63.6 cm³/mol. The Bertz CT molecular complexity index is 337. The fraction of sp³-hybridized carbons (Fsp3) is 0.462. The van der Waals surface area contributed by atoms with Gasteiger partial charge in [0.15, 0.2) is 0 Å². The maximum atomic E-state index is 4.63. The number of aryl methyl sites for hydroxylation is 2.